The highest BCUT2D eigenvalue weighted by atomic mass is 16.6. The largest absolute Gasteiger partial charge is 0.462 e. The lowest BCUT2D eigenvalue weighted by molar-refractivity contribution is -0.167. The Labute approximate surface area is 489 Å². The Hall–Kier alpha value is -3.67. The Morgan fingerprint density at radius 3 is 0.785 bits per heavy atom. The van der Waals surface area contributed by atoms with E-state index in [1.165, 1.54) is 154 Å². The third kappa shape index (κ3) is 65.0. The molecule has 0 spiro atoms. The first-order valence-electron chi connectivity index (χ1n) is 33.7. The SMILES string of the molecule is CC/C=C\C/C=C\C/C=C\C/C=C\C/C=C\C/C=C\CCCCCCC(=O)OCC(COC(=O)CCCCCCC/C=C\C/C=C\CCCCCC)OC(=O)CCCCCCCCCCCCCCCCCCCCCCCC. The highest BCUT2D eigenvalue weighted by Gasteiger charge is 2.19. The number of unbranched alkanes of at least 4 members (excludes halogenated alkanes) is 34. The van der Waals surface area contributed by atoms with Gasteiger partial charge in [0, 0.05) is 19.3 Å². The molecule has 0 saturated heterocycles. The van der Waals surface area contributed by atoms with Crippen LogP contribution in [0.3, 0.4) is 0 Å². The Balaban J connectivity index is 4.41. The fourth-order valence-corrected chi connectivity index (χ4v) is 9.54. The van der Waals surface area contributed by atoms with Crippen LogP contribution in [-0.4, -0.2) is 37.2 Å². The highest BCUT2D eigenvalue weighted by molar-refractivity contribution is 5.71. The number of ether oxygens (including phenoxy) is 3. The first-order chi connectivity index (χ1) is 39.0. The van der Waals surface area contributed by atoms with Gasteiger partial charge in [-0.15, -0.1) is 0 Å². The molecule has 0 N–H and O–H groups in total. The van der Waals surface area contributed by atoms with Crippen molar-refractivity contribution in [2.45, 2.75) is 335 Å². The van der Waals surface area contributed by atoms with Gasteiger partial charge in [0.15, 0.2) is 6.10 Å². The lowest BCUT2D eigenvalue weighted by atomic mass is 10.0. The molecule has 0 bridgehead atoms. The van der Waals surface area contributed by atoms with E-state index in [-0.39, 0.29) is 31.1 Å². The number of esters is 3. The molecule has 6 nitrogen and oxygen atoms in total. The average molecular weight is 1100 g/mol. The quantitative estimate of drug-likeness (QED) is 0.0261. The fourth-order valence-electron chi connectivity index (χ4n) is 9.54. The molecule has 0 aliphatic carbocycles. The maximum Gasteiger partial charge on any atom is 0.306 e. The third-order valence-corrected chi connectivity index (χ3v) is 14.6. The zero-order valence-electron chi connectivity index (χ0n) is 52.1. The van der Waals surface area contributed by atoms with E-state index in [9.17, 15) is 14.4 Å². The van der Waals surface area contributed by atoms with Crippen molar-refractivity contribution >= 4 is 17.9 Å². The van der Waals surface area contributed by atoms with Gasteiger partial charge in [0.05, 0.1) is 0 Å². The second-order valence-electron chi connectivity index (χ2n) is 22.4. The van der Waals surface area contributed by atoms with E-state index in [1.54, 1.807) is 0 Å². The van der Waals surface area contributed by atoms with E-state index in [0.29, 0.717) is 19.3 Å². The van der Waals surface area contributed by atoms with Crippen molar-refractivity contribution in [3.63, 3.8) is 0 Å². The maximum absolute atomic E-state index is 12.9. The summed E-state index contributed by atoms with van der Waals surface area (Å²) in [6, 6.07) is 0. The standard InChI is InChI=1S/C73H126O6/c1-4-7-10-13-16-19-22-25-28-31-33-35-37-39-40-42-45-48-51-54-57-60-63-66-72(75)78-69-70(68-77-71(74)65-62-59-56-53-50-47-44-30-27-24-21-18-15-12-9-6-3)79-73(76)67-64-61-58-55-52-49-46-43-41-38-36-34-32-29-26-23-20-17-14-11-8-5-2/h7,10,16,19,21,24-25,28,30,33,35,39-40,44-45,48,70H,4-6,8-9,11-15,17-18,20,22-23,26-27,29,31-32,34,36-38,41-43,46-47,49-69H2,1-3H3/b10-7-,19-16-,24-21-,28-25-,35-33-,40-39-,44-30-,48-45-. The first-order valence-corrected chi connectivity index (χ1v) is 33.7. The van der Waals surface area contributed by atoms with Crippen LogP contribution in [-0.2, 0) is 28.6 Å². The number of carbonyl (C=O) groups is 3. The van der Waals surface area contributed by atoms with Crippen molar-refractivity contribution in [3.8, 4) is 0 Å². The maximum atomic E-state index is 12.9. The molecule has 0 saturated carbocycles. The number of hydrogen-bond acceptors (Lipinski definition) is 6. The van der Waals surface area contributed by atoms with E-state index in [0.717, 1.165) is 135 Å². The van der Waals surface area contributed by atoms with Gasteiger partial charge in [-0.05, 0) is 103 Å². The van der Waals surface area contributed by atoms with Crippen LogP contribution >= 0.6 is 0 Å². The van der Waals surface area contributed by atoms with E-state index in [4.69, 9.17) is 14.2 Å². The molecule has 1 atom stereocenters. The molecule has 0 aromatic carbocycles. The molecule has 0 aromatic heterocycles. The van der Waals surface area contributed by atoms with Gasteiger partial charge < -0.3 is 14.2 Å². The van der Waals surface area contributed by atoms with Crippen LogP contribution in [0.5, 0.6) is 0 Å². The molecule has 0 fully saturated rings. The van der Waals surface area contributed by atoms with Crippen molar-refractivity contribution in [3.05, 3.63) is 97.2 Å². The Kier molecular flexibility index (Phi) is 63.7. The molecule has 0 rings (SSSR count). The van der Waals surface area contributed by atoms with Crippen molar-refractivity contribution in [1.29, 1.82) is 0 Å². The molecule has 0 amide bonds. The van der Waals surface area contributed by atoms with Gasteiger partial charge in [-0.3, -0.25) is 14.4 Å². The van der Waals surface area contributed by atoms with Crippen LogP contribution in [0.1, 0.15) is 329 Å². The smallest absolute Gasteiger partial charge is 0.306 e. The molecule has 0 radical (unpaired) electrons. The van der Waals surface area contributed by atoms with Gasteiger partial charge >= 0.3 is 17.9 Å². The van der Waals surface area contributed by atoms with E-state index >= 15 is 0 Å². The minimum atomic E-state index is -0.796. The number of carbonyl (C=O) groups excluding carboxylic acids is 3. The average Bonchev–Trinajstić information content (AvgIpc) is 3.45. The lowest BCUT2D eigenvalue weighted by Crippen LogP contribution is -2.30. The minimum absolute atomic E-state index is 0.0911. The lowest BCUT2D eigenvalue weighted by Gasteiger charge is -2.18. The molecule has 0 aromatic rings. The second kappa shape index (κ2) is 66.8. The molecule has 0 heterocycles. The molecule has 454 valence electrons. The number of allylic oxidation sites excluding steroid dienone is 16. The van der Waals surface area contributed by atoms with Crippen molar-refractivity contribution in [1.82, 2.24) is 0 Å². The van der Waals surface area contributed by atoms with Gasteiger partial charge in [-0.1, -0.05) is 304 Å². The van der Waals surface area contributed by atoms with Gasteiger partial charge in [0.25, 0.3) is 0 Å². The predicted molar refractivity (Wildman–Crippen MR) is 344 cm³/mol. The van der Waals surface area contributed by atoms with Gasteiger partial charge in [0.1, 0.15) is 13.2 Å². The van der Waals surface area contributed by atoms with Crippen LogP contribution in [0.4, 0.5) is 0 Å². The zero-order chi connectivity index (χ0) is 57.1. The monoisotopic (exact) mass is 1100 g/mol. The van der Waals surface area contributed by atoms with E-state index in [2.05, 4.69) is 118 Å². The Morgan fingerprint density at radius 1 is 0.266 bits per heavy atom. The van der Waals surface area contributed by atoms with Crippen LogP contribution < -0.4 is 0 Å². The van der Waals surface area contributed by atoms with Crippen LogP contribution in [0.25, 0.3) is 0 Å². The molecular formula is C73H126O6. The fraction of sp³-hybridized carbons (Fsp3) is 0.740. The number of hydrogen-bond donors (Lipinski definition) is 0. The molecule has 0 aliphatic rings. The predicted octanol–water partition coefficient (Wildman–Crippen LogP) is 23.2. The van der Waals surface area contributed by atoms with Crippen molar-refractivity contribution in [2.75, 3.05) is 13.2 Å². The summed E-state index contributed by atoms with van der Waals surface area (Å²) in [5.74, 6) is -0.914. The summed E-state index contributed by atoms with van der Waals surface area (Å²) in [4.78, 5) is 38.4. The van der Waals surface area contributed by atoms with Crippen molar-refractivity contribution < 1.29 is 28.6 Å². The Morgan fingerprint density at radius 2 is 0.494 bits per heavy atom. The van der Waals surface area contributed by atoms with Gasteiger partial charge in [-0.25, -0.2) is 0 Å². The molecule has 1 unspecified atom stereocenters. The topological polar surface area (TPSA) is 78.9 Å². The second-order valence-corrected chi connectivity index (χ2v) is 22.4. The van der Waals surface area contributed by atoms with Crippen molar-refractivity contribution in [2.24, 2.45) is 0 Å². The van der Waals surface area contributed by atoms with E-state index < -0.39 is 6.10 Å². The zero-order valence-corrected chi connectivity index (χ0v) is 52.1. The van der Waals surface area contributed by atoms with E-state index in [1.807, 2.05) is 0 Å². The Bertz CT molecular complexity index is 1540. The van der Waals surface area contributed by atoms with Crippen LogP contribution in [0.15, 0.2) is 97.2 Å². The summed E-state index contributed by atoms with van der Waals surface area (Å²) in [7, 11) is 0. The minimum Gasteiger partial charge on any atom is -0.462 e. The summed E-state index contributed by atoms with van der Waals surface area (Å²) in [5, 5.41) is 0. The molecular weight excluding hydrogens is 973 g/mol. The van der Waals surface area contributed by atoms with Gasteiger partial charge in [-0.2, -0.15) is 0 Å². The van der Waals surface area contributed by atoms with Crippen LogP contribution in [0, 0.1) is 0 Å². The highest BCUT2D eigenvalue weighted by Crippen LogP contribution is 2.17. The molecule has 79 heavy (non-hydrogen) atoms. The molecule has 6 heteroatoms. The first kappa shape index (κ1) is 75.3. The summed E-state index contributed by atoms with van der Waals surface area (Å²) < 4.78 is 16.9. The van der Waals surface area contributed by atoms with Crippen LogP contribution in [0.2, 0.25) is 0 Å². The summed E-state index contributed by atoms with van der Waals surface area (Å²) in [6.07, 6.45) is 89.9. The summed E-state index contributed by atoms with van der Waals surface area (Å²) >= 11 is 0. The van der Waals surface area contributed by atoms with Gasteiger partial charge in [0.2, 0.25) is 0 Å². The summed E-state index contributed by atoms with van der Waals surface area (Å²) in [5.41, 5.74) is 0. The normalized spacial score (nSPS) is 12.7. The molecule has 0 aliphatic heterocycles. The summed E-state index contributed by atoms with van der Waals surface area (Å²) in [6.45, 7) is 6.52. The third-order valence-electron chi connectivity index (χ3n) is 14.6. The number of rotatable bonds is 61.